The van der Waals surface area contributed by atoms with Crippen LogP contribution in [-0.4, -0.2) is 11.9 Å². The maximum Gasteiger partial charge on any atom is 0.313 e. The van der Waals surface area contributed by atoms with Crippen molar-refractivity contribution in [2.24, 2.45) is 11.8 Å². The van der Waals surface area contributed by atoms with Gasteiger partial charge in [0.1, 0.15) is 0 Å². The van der Waals surface area contributed by atoms with Crippen LogP contribution in [-0.2, 0) is 9.59 Å². The van der Waals surface area contributed by atoms with E-state index in [1.807, 2.05) is 0 Å². The van der Waals surface area contributed by atoms with Crippen molar-refractivity contribution in [2.45, 2.75) is 27.7 Å². The van der Waals surface area contributed by atoms with Crippen LogP contribution in [0.1, 0.15) is 27.7 Å². The van der Waals surface area contributed by atoms with Crippen LogP contribution in [0.25, 0.3) is 0 Å². The Morgan fingerprint density at radius 2 is 1.42 bits per heavy atom. The first-order chi connectivity index (χ1) is 8.81. The number of carbonyl (C=O) groups excluding carboxylic acids is 2. The van der Waals surface area contributed by atoms with Crippen molar-refractivity contribution in [3.8, 4) is 11.5 Å². The Kier molecular flexibility index (Phi) is 5.36. The number of ether oxygens (including phenoxy) is 2. The molecule has 0 aromatic heterocycles. The molecule has 0 unspecified atom stereocenters. The predicted molar refractivity (Wildman–Crippen MR) is 72.4 cm³/mol. The van der Waals surface area contributed by atoms with Gasteiger partial charge in [0.25, 0.3) is 0 Å². The lowest BCUT2D eigenvalue weighted by molar-refractivity contribution is -0.140. The minimum absolute atomic E-state index is 0.153. The van der Waals surface area contributed by atoms with Crippen molar-refractivity contribution in [2.75, 3.05) is 0 Å². The van der Waals surface area contributed by atoms with Gasteiger partial charge in [0.05, 0.1) is 11.8 Å². The Hall–Kier alpha value is -1.55. The second-order valence-corrected chi connectivity index (χ2v) is 5.18. The number of rotatable bonds is 4. The molecule has 19 heavy (non-hydrogen) atoms. The number of benzene rings is 1. The average Bonchev–Trinajstić information content (AvgIpc) is 2.32. The van der Waals surface area contributed by atoms with Crippen molar-refractivity contribution < 1.29 is 19.1 Å². The van der Waals surface area contributed by atoms with E-state index in [0.717, 1.165) is 0 Å². The summed E-state index contributed by atoms with van der Waals surface area (Å²) in [5.74, 6) is -1.03. The van der Waals surface area contributed by atoms with Gasteiger partial charge in [0.15, 0.2) is 11.5 Å². The van der Waals surface area contributed by atoms with Crippen molar-refractivity contribution in [1.29, 1.82) is 0 Å². The second kappa shape index (κ2) is 6.57. The van der Waals surface area contributed by atoms with Crippen molar-refractivity contribution in [3.63, 3.8) is 0 Å². The normalized spacial score (nSPS) is 10.7. The average molecular weight is 285 g/mol. The molecule has 0 bridgehead atoms. The van der Waals surface area contributed by atoms with Gasteiger partial charge in [-0.25, -0.2) is 0 Å². The van der Waals surface area contributed by atoms with E-state index in [0.29, 0.717) is 5.02 Å². The fourth-order valence-corrected chi connectivity index (χ4v) is 1.26. The molecule has 5 heteroatoms. The quantitative estimate of drug-likeness (QED) is 0.627. The fourth-order valence-electron chi connectivity index (χ4n) is 1.10. The van der Waals surface area contributed by atoms with Gasteiger partial charge < -0.3 is 9.47 Å². The molecule has 0 aliphatic carbocycles. The molecule has 0 heterocycles. The van der Waals surface area contributed by atoms with E-state index >= 15 is 0 Å². The molecule has 0 aliphatic rings. The Balaban J connectivity index is 2.98. The number of hydrogen-bond acceptors (Lipinski definition) is 4. The molecule has 1 rings (SSSR count). The monoisotopic (exact) mass is 284 g/mol. The summed E-state index contributed by atoms with van der Waals surface area (Å²) in [7, 11) is 0. The molecule has 1 aromatic rings. The van der Waals surface area contributed by atoms with Crippen molar-refractivity contribution in [3.05, 3.63) is 23.2 Å². The van der Waals surface area contributed by atoms with Crippen LogP contribution in [0.4, 0.5) is 0 Å². The summed E-state index contributed by atoms with van der Waals surface area (Å²) in [6.07, 6.45) is 0. The second-order valence-electron chi connectivity index (χ2n) is 4.74. The molecule has 0 saturated heterocycles. The maximum atomic E-state index is 11.6. The molecular weight excluding hydrogens is 268 g/mol. The fraction of sp³-hybridized carbons (Fsp3) is 0.429. The number of hydrogen-bond donors (Lipinski definition) is 0. The van der Waals surface area contributed by atoms with Gasteiger partial charge in [-0.15, -0.1) is 0 Å². The molecule has 0 fully saturated rings. The van der Waals surface area contributed by atoms with Crippen LogP contribution in [0.3, 0.4) is 0 Å². The molecule has 0 saturated carbocycles. The number of carbonyl (C=O) groups is 2. The Labute approximate surface area is 117 Å². The van der Waals surface area contributed by atoms with E-state index in [-0.39, 0.29) is 23.3 Å². The van der Waals surface area contributed by atoms with Crippen LogP contribution >= 0.6 is 11.6 Å². The van der Waals surface area contributed by atoms with Gasteiger partial charge in [0, 0.05) is 11.1 Å². The van der Waals surface area contributed by atoms with Crippen LogP contribution in [0, 0.1) is 11.8 Å². The smallest absolute Gasteiger partial charge is 0.313 e. The van der Waals surface area contributed by atoms with Gasteiger partial charge in [-0.1, -0.05) is 39.3 Å². The topological polar surface area (TPSA) is 52.6 Å². The molecular formula is C14H17ClO4. The van der Waals surface area contributed by atoms with Gasteiger partial charge >= 0.3 is 11.9 Å². The zero-order valence-corrected chi connectivity index (χ0v) is 12.2. The zero-order valence-electron chi connectivity index (χ0n) is 11.4. The Morgan fingerprint density at radius 3 is 1.89 bits per heavy atom. The maximum absolute atomic E-state index is 11.6. The highest BCUT2D eigenvalue weighted by atomic mass is 35.5. The predicted octanol–water partition coefficient (Wildman–Crippen LogP) is 3.46. The summed E-state index contributed by atoms with van der Waals surface area (Å²) in [6.45, 7) is 6.87. The van der Waals surface area contributed by atoms with E-state index in [1.54, 1.807) is 33.8 Å². The molecule has 0 radical (unpaired) electrons. The minimum Gasteiger partial charge on any atom is -0.422 e. The number of halogens is 1. The lowest BCUT2D eigenvalue weighted by Gasteiger charge is -2.13. The molecule has 0 N–H and O–H groups in total. The highest BCUT2D eigenvalue weighted by Crippen LogP contribution is 2.31. The summed E-state index contributed by atoms with van der Waals surface area (Å²) in [5, 5.41) is 0.399. The summed E-state index contributed by atoms with van der Waals surface area (Å²) >= 11 is 5.85. The summed E-state index contributed by atoms with van der Waals surface area (Å²) in [6, 6.07) is 4.52. The van der Waals surface area contributed by atoms with Gasteiger partial charge in [-0.3, -0.25) is 9.59 Å². The van der Waals surface area contributed by atoms with Crippen molar-refractivity contribution >= 4 is 23.5 Å². The van der Waals surface area contributed by atoms with E-state index in [9.17, 15) is 9.59 Å². The highest BCUT2D eigenvalue weighted by molar-refractivity contribution is 6.30. The third kappa shape index (κ3) is 4.56. The Bertz CT molecular complexity index is 480. The molecule has 4 nitrogen and oxygen atoms in total. The first-order valence-corrected chi connectivity index (χ1v) is 6.42. The summed E-state index contributed by atoms with van der Waals surface area (Å²) < 4.78 is 10.3. The first-order valence-electron chi connectivity index (χ1n) is 6.04. The molecule has 0 atom stereocenters. The Morgan fingerprint density at radius 1 is 0.947 bits per heavy atom. The van der Waals surface area contributed by atoms with Gasteiger partial charge in [-0.05, 0) is 12.1 Å². The van der Waals surface area contributed by atoms with Crippen LogP contribution in [0.15, 0.2) is 18.2 Å². The lowest BCUT2D eigenvalue weighted by atomic mass is 10.2. The standard InChI is InChI=1S/C14H17ClO4/c1-8(2)13(16)18-11-6-5-10(15)7-12(11)19-14(17)9(3)4/h5-9H,1-4H3. The highest BCUT2D eigenvalue weighted by Gasteiger charge is 2.17. The van der Waals surface area contributed by atoms with Gasteiger partial charge in [0.2, 0.25) is 0 Å². The minimum atomic E-state index is -0.413. The third-order valence-corrected chi connectivity index (χ3v) is 2.50. The molecule has 0 spiro atoms. The summed E-state index contributed by atoms with van der Waals surface area (Å²) in [4.78, 5) is 23.2. The lowest BCUT2D eigenvalue weighted by Crippen LogP contribution is -2.18. The van der Waals surface area contributed by atoms with Crippen molar-refractivity contribution in [1.82, 2.24) is 0 Å². The number of esters is 2. The zero-order chi connectivity index (χ0) is 14.6. The largest absolute Gasteiger partial charge is 0.422 e. The molecule has 0 amide bonds. The van der Waals surface area contributed by atoms with Crippen LogP contribution < -0.4 is 9.47 Å². The third-order valence-electron chi connectivity index (χ3n) is 2.27. The molecule has 1 aromatic carbocycles. The first kappa shape index (κ1) is 15.5. The van der Waals surface area contributed by atoms with E-state index in [1.165, 1.54) is 12.1 Å². The van der Waals surface area contributed by atoms with E-state index in [2.05, 4.69) is 0 Å². The van der Waals surface area contributed by atoms with E-state index < -0.39 is 11.9 Å². The summed E-state index contributed by atoms with van der Waals surface area (Å²) in [5.41, 5.74) is 0. The van der Waals surface area contributed by atoms with Crippen LogP contribution in [0.5, 0.6) is 11.5 Å². The van der Waals surface area contributed by atoms with Crippen LogP contribution in [0.2, 0.25) is 5.02 Å². The van der Waals surface area contributed by atoms with Gasteiger partial charge in [-0.2, -0.15) is 0 Å². The molecule has 0 aliphatic heterocycles. The SMILES string of the molecule is CC(C)C(=O)Oc1ccc(Cl)cc1OC(=O)C(C)C. The molecule has 104 valence electrons. The van der Waals surface area contributed by atoms with E-state index in [4.69, 9.17) is 21.1 Å².